The molecule has 0 radical (unpaired) electrons. The van der Waals surface area contributed by atoms with Gasteiger partial charge in [-0.3, -0.25) is 0 Å². The van der Waals surface area contributed by atoms with Gasteiger partial charge < -0.3 is 9.47 Å². The van der Waals surface area contributed by atoms with Crippen molar-refractivity contribution >= 4 is 22.2 Å². The Bertz CT molecular complexity index is 733. The molecular weight excluding hydrogens is 316 g/mol. The molecular formula is C17H22O5S. The van der Waals surface area contributed by atoms with Crippen molar-refractivity contribution in [1.29, 1.82) is 0 Å². The van der Waals surface area contributed by atoms with Crippen molar-refractivity contribution in [3.05, 3.63) is 40.6 Å². The lowest BCUT2D eigenvalue weighted by Gasteiger charge is -2.21. The number of thiol groups is 1. The van der Waals surface area contributed by atoms with Crippen LogP contribution in [0.1, 0.15) is 44.4 Å². The van der Waals surface area contributed by atoms with E-state index in [1.165, 1.54) is 0 Å². The Morgan fingerprint density at radius 2 is 1.91 bits per heavy atom. The standard InChI is InChI=1S/C17H22O5S/c1-10(2)21-15-14(17(4,5)22-16(15)18)12-6-7-13(9-23(19)20)11(3)8-12/h6-8,10,23H,9H2,1-5H3. The number of esters is 1. The molecule has 126 valence electrons. The van der Waals surface area contributed by atoms with E-state index >= 15 is 0 Å². The minimum atomic E-state index is -2.48. The summed E-state index contributed by atoms with van der Waals surface area (Å²) in [5, 5.41) is 0. The maximum atomic E-state index is 12.1. The molecule has 1 heterocycles. The molecule has 1 aliphatic rings. The number of benzene rings is 1. The molecule has 1 aromatic rings. The molecule has 0 fully saturated rings. The van der Waals surface area contributed by atoms with E-state index in [0.29, 0.717) is 5.57 Å². The summed E-state index contributed by atoms with van der Waals surface area (Å²) in [5.41, 5.74) is 2.31. The van der Waals surface area contributed by atoms with Crippen LogP contribution in [-0.4, -0.2) is 26.1 Å². The zero-order valence-corrected chi connectivity index (χ0v) is 14.9. The second-order valence-corrected chi connectivity index (χ2v) is 7.38. The third-order valence-electron chi connectivity index (χ3n) is 3.65. The molecule has 0 N–H and O–H groups in total. The van der Waals surface area contributed by atoms with Crippen LogP contribution < -0.4 is 0 Å². The molecule has 0 atom stereocenters. The van der Waals surface area contributed by atoms with Gasteiger partial charge in [-0.15, -0.1) is 0 Å². The topological polar surface area (TPSA) is 69.7 Å². The molecule has 0 unspecified atom stereocenters. The van der Waals surface area contributed by atoms with Gasteiger partial charge in [0.25, 0.3) is 0 Å². The van der Waals surface area contributed by atoms with E-state index in [1.54, 1.807) is 6.07 Å². The third kappa shape index (κ3) is 3.75. The summed E-state index contributed by atoms with van der Waals surface area (Å²) >= 11 is 0. The maximum absolute atomic E-state index is 12.1. The van der Waals surface area contributed by atoms with Crippen molar-refractivity contribution in [2.24, 2.45) is 0 Å². The largest absolute Gasteiger partial charge is 0.484 e. The van der Waals surface area contributed by atoms with Crippen LogP contribution in [-0.2, 0) is 30.7 Å². The summed E-state index contributed by atoms with van der Waals surface area (Å²) in [6.45, 7) is 9.18. The third-order valence-corrected chi connectivity index (χ3v) is 4.25. The molecule has 0 spiro atoms. The fourth-order valence-electron chi connectivity index (χ4n) is 2.69. The van der Waals surface area contributed by atoms with Gasteiger partial charge in [0.2, 0.25) is 5.76 Å². The molecule has 0 saturated carbocycles. The molecule has 6 heteroatoms. The number of cyclic esters (lactones) is 1. The van der Waals surface area contributed by atoms with Crippen LogP contribution in [0, 0.1) is 6.92 Å². The van der Waals surface area contributed by atoms with Crippen molar-refractivity contribution in [3.8, 4) is 0 Å². The van der Waals surface area contributed by atoms with E-state index in [2.05, 4.69) is 0 Å². The molecule has 0 aromatic heterocycles. The van der Waals surface area contributed by atoms with Crippen LogP contribution in [0.2, 0.25) is 0 Å². The van der Waals surface area contributed by atoms with Crippen LogP contribution in [0.25, 0.3) is 5.57 Å². The minimum Gasteiger partial charge on any atom is -0.484 e. The zero-order chi connectivity index (χ0) is 17.4. The Labute approximate surface area is 138 Å². The number of aryl methyl sites for hydroxylation is 1. The van der Waals surface area contributed by atoms with Crippen LogP contribution in [0.5, 0.6) is 0 Å². The number of ether oxygens (including phenoxy) is 2. The predicted molar refractivity (Wildman–Crippen MR) is 88.5 cm³/mol. The van der Waals surface area contributed by atoms with E-state index in [1.807, 2.05) is 46.8 Å². The molecule has 0 aliphatic carbocycles. The fraction of sp³-hybridized carbons (Fsp3) is 0.471. The summed E-state index contributed by atoms with van der Waals surface area (Å²) in [5.74, 6) is -0.232. The van der Waals surface area contributed by atoms with Crippen LogP contribution in [0.3, 0.4) is 0 Å². The fourth-order valence-corrected chi connectivity index (χ4v) is 3.33. The second-order valence-electron chi connectivity index (χ2n) is 6.40. The first-order valence-corrected chi connectivity index (χ1v) is 8.84. The first-order chi connectivity index (χ1) is 10.6. The normalized spacial score (nSPS) is 17.1. The van der Waals surface area contributed by atoms with Gasteiger partial charge in [0.1, 0.15) is 16.3 Å². The molecule has 0 bridgehead atoms. The number of hydrogen-bond acceptors (Lipinski definition) is 5. The van der Waals surface area contributed by atoms with Gasteiger partial charge in [-0.25, -0.2) is 13.2 Å². The lowest BCUT2D eigenvalue weighted by molar-refractivity contribution is -0.147. The van der Waals surface area contributed by atoms with Crippen LogP contribution >= 0.6 is 0 Å². The number of carbonyl (C=O) groups is 1. The minimum absolute atomic E-state index is 0.00860. The highest BCUT2D eigenvalue weighted by Gasteiger charge is 2.43. The van der Waals surface area contributed by atoms with Gasteiger partial charge >= 0.3 is 5.97 Å². The Kier molecular flexibility index (Phi) is 4.84. The van der Waals surface area contributed by atoms with Gasteiger partial charge in [-0.2, -0.15) is 0 Å². The van der Waals surface area contributed by atoms with Crippen molar-refractivity contribution in [3.63, 3.8) is 0 Å². The lowest BCUT2D eigenvalue weighted by Crippen LogP contribution is -2.22. The van der Waals surface area contributed by atoms with Gasteiger partial charge in [0, 0.05) is 0 Å². The van der Waals surface area contributed by atoms with E-state index in [0.717, 1.165) is 16.7 Å². The average molecular weight is 338 g/mol. The zero-order valence-electron chi connectivity index (χ0n) is 14.0. The molecule has 1 aliphatic heterocycles. The smallest absolute Gasteiger partial charge is 0.374 e. The Morgan fingerprint density at radius 1 is 1.26 bits per heavy atom. The summed E-state index contributed by atoms with van der Waals surface area (Å²) in [4.78, 5) is 12.1. The summed E-state index contributed by atoms with van der Waals surface area (Å²) < 4.78 is 32.9. The van der Waals surface area contributed by atoms with Gasteiger partial charge in [-0.1, -0.05) is 18.2 Å². The average Bonchev–Trinajstić information content (AvgIpc) is 2.60. The van der Waals surface area contributed by atoms with Gasteiger partial charge in [0.15, 0.2) is 0 Å². The highest BCUT2D eigenvalue weighted by Crippen LogP contribution is 2.40. The van der Waals surface area contributed by atoms with Crippen molar-refractivity contribution < 1.29 is 22.7 Å². The Hall–Kier alpha value is -1.82. The number of carbonyl (C=O) groups excluding carboxylic acids is 1. The monoisotopic (exact) mass is 338 g/mol. The quantitative estimate of drug-likeness (QED) is 0.660. The number of hydrogen-bond donors (Lipinski definition) is 1. The van der Waals surface area contributed by atoms with Gasteiger partial charge in [0.05, 0.1) is 17.4 Å². The Balaban J connectivity index is 2.54. The lowest BCUT2D eigenvalue weighted by atomic mass is 9.90. The summed E-state index contributed by atoms with van der Waals surface area (Å²) in [7, 11) is -2.48. The molecule has 23 heavy (non-hydrogen) atoms. The van der Waals surface area contributed by atoms with E-state index in [4.69, 9.17) is 9.47 Å². The maximum Gasteiger partial charge on any atom is 0.374 e. The molecule has 5 nitrogen and oxygen atoms in total. The highest BCUT2D eigenvalue weighted by atomic mass is 32.2. The first kappa shape index (κ1) is 17.5. The number of rotatable bonds is 5. The molecule has 1 aromatic carbocycles. The predicted octanol–water partition coefficient (Wildman–Crippen LogP) is 2.58. The van der Waals surface area contributed by atoms with Crippen LogP contribution in [0.15, 0.2) is 24.0 Å². The van der Waals surface area contributed by atoms with E-state index in [-0.39, 0.29) is 17.6 Å². The SMILES string of the molecule is Cc1cc(C2=C(OC(C)C)C(=O)OC2(C)C)ccc1C[SH](=O)=O. The first-order valence-electron chi connectivity index (χ1n) is 7.48. The van der Waals surface area contributed by atoms with Crippen LogP contribution in [0.4, 0.5) is 0 Å². The van der Waals surface area contributed by atoms with E-state index < -0.39 is 22.3 Å². The Morgan fingerprint density at radius 3 is 2.43 bits per heavy atom. The molecule has 0 saturated heterocycles. The molecule has 2 rings (SSSR count). The summed E-state index contributed by atoms with van der Waals surface area (Å²) in [6.07, 6.45) is -0.147. The van der Waals surface area contributed by atoms with E-state index in [9.17, 15) is 13.2 Å². The van der Waals surface area contributed by atoms with Crippen molar-refractivity contribution in [2.75, 3.05) is 0 Å². The van der Waals surface area contributed by atoms with Crippen molar-refractivity contribution in [2.45, 2.75) is 52.1 Å². The van der Waals surface area contributed by atoms with Gasteiger partial charge in [-0.05, 0) is 51.3 Å². The molecule has 0 amide bonds. The highest BCUT2D eigenvalue weighted by molar-refractivity contribution is 7.71. The van der Waals surface area contributed by atoms with Crippen molar-refractivity contribution in [1.82, 2.24) is 0 Å². The summed E-state index contributed by atoms with van der Waals surface area (Å²) in [6, 6.07) is 5.45. The second kappa shape index (κ2) is 6.35.